The van der Waals surface area contributed by atoms with Crippen molar-refractivity contribution in [2.45, 2.75) is 44.5 Å². The van der Waals surface area contributed by atoms with E-state index in [9.17, 15) is 31.1 Å². The lowest BCUT2D eigenvalue weighted by Gasteiger charge is -2.41. The molecule has 5 rings (SSSR count). The molecule has 216 valence electrons. The zero-order chi connectivity index (χ0) is 28.8. The topological polar surface area (TPSA) is 48.0 Å². The molecule has 40 heavy (non-hydrogen) atoms. The first-order valence-electron chi connectivity index (χ1n) is 13.0. The van der Waals surface area contributed by atoms with Crippen LogP contribution < -0.4 is 0 Å². The van der Waals surface area contributed by atoms with Crippen molar-refractivity contribution in [3.05, 3.63) is 82.1 Å². The van der Waals surface area contributed by atoms with E-state index in [4.69, 9.17) is 14.2 Å². The van der Waals surface area contributed by atoms with Crippen LogP contribution in [-0.4, -0.2) is 49.9 Å². The number of nitrogens with zero attached hydrogens (tertiary/aromatic N) is 1. The van der Waals surface area contributed by atoms with Crippen LogP contribution in [0.15, 0.2) is 54.2 Å². The van der Waals surface area contributed by atoms with E-state index < -0.39 is 35.9 Å². The summed E-state index contributed by atoms with van der Waals surface area (Å²) < 4.78 is 98.6. The number of hydrogen-bond acceptors (Lipinski definition) is 5. The van der Waals surface area contributed by atoms with Crippen LogP contribution in [-0.2, 0) is 31.4 Å². The summed E-state index contributed by atoms with van der Waals surface area (Å²) in [5.41, 5.74) is -0.351. The van der Waals surface area contributed by atoms with Gasteiger partial charge in [-0.25, -0.2) is 0 Å². The lowest BCUT2D eigenvalue weighted by Crippen LogP contribution is -2.42. The van der Waals surface area contributed by atoms with Gasteiger partial charge in [-0.3, -0.25) is 4.79 Å². The van der Waals surface area contributed by atoms with Crippen molar-refractivity contribution in [2.24, 2.45) is 11.8 Å². The molecule has 0 aromatic heterocycles. The quantitative estimate of drug-likeness (QED) is 0.397. The number of ketones is 1. The van der Waals surface area contributed by atoms with E-state index in [1.807, 2.05) is 31.2 Å². The minimum Gasteiger partial charge on any atom is -0.372 e. The molecule has 3 heterocycles. The van der Waals surface area contributed by atoms with Crippen molar-refractivity contribution < 1.29 is 45.3 Å². The Morgan fingerprint density at radius 2 is 1.65 bits per heavy atom. The van der Waals surface area contributed by atoms with Gasteiger partial charge in [-0.15, -0.1) is 0 Å². The van der Waals surface area contributed by atoms with E-state index >= 15 is 0 Å². The largest absolute Gasteiger partial charge is 0.416 e. The van der Waals surface area contributed by atoms with Crippen LogP contribution in [0, 0.1) is 18.8 Å². The molecule has 0 saturated carbocycles. The highest BCUT2D eigenvalue weighted by molar-refractivity contribution is 5.92. The second kappa shape index (κ2) is 10.8. The van der Waals surface area contributed by atoms with Gasteiger partial charge in [-0.2, -0.15) is 26.3 Å². The number of rotatable bonds is 5. The summed E-state index contributed by atoms with van der Waals surface area (Å²) in [6, 6.07) is 9.12. The Labute approximate surface area is 227 Å². The number of fused-ring (bicyclic) bond motifs is 1. The van der Waals surface area contributed by atoms with Crippen molar-refractivity contribution in [3.8, 4) is 0 Å². The maximum atomic E-state index is 13.5. The average Bonchev–Trinajstić information content (AvgIpc) is 3.32. The number of ether oxygens (including phenoxy) is 3. The number of carbonyl (C=O) groups is 1. The lowest BCUT2D eigenvalue weighted by atomic mass is 9.76. The van der Waals surface area contributed by atoms with Gasteiger partial charge in [0.25, 0.3) is 0 Å². The van der Waals surface area contributed by atoms with E-state index in [2.05, 4.69) is 4.90 Å². The van der Waals surface area contributed by atoms with Crippen LogP contribution >= 0.6 is 0 Å². The summed E-state index contributed by atoms with van der Waals surface area (Å²) in [4.78, 5) is 14.0. The lowest BCUT2D eigenvalue weighted by molar-refractivity contribution is -0.217. The highest BCUT2D eigenvalue weighted by Crippen LogP contribution is 2.47. The Hall–Kier alpha value is -2.89. The molecule has 0 bridgehead atoms. The number of benzene rings is 2. The molecule has 2 aromatic rings. The molecule has 0 aliphatic carbocycles. The molecular weight excluding hydrogens is 540 g/mol. The molecule has 0 spiro atoms. The summed E-state index contributed by atoms with van der Waals surface area (Å²) in [5, 5.41) is 0. The molecule has 0 N–H and O–H groups in total. The van der Waals surface area contributed by atoms with Crippen LogP contribution in [0.5, 0.6) is 0 Å². The summed E-state index contributed by atoms with van der Waals surface area (Å²) >= 11 is 0. The van der Waals surface area contributed by atoms with Crippen molar-refractivity contribution in [3.63, 3.8) is 0 Å². The first-order valence-corrected chi connectivity index (χ1v) is 13.0. The third kappa shape index (κ3) is 5.91. The molecule has 3 aliphatic rings. The summed E-state index contributed by atoms with van der Waals surface area (Å²) in [6.07, 6.45) is -10.4. The molecule has 2 fully saturated rings. The second-order valence-electron chi connectivity index (χ2n) is 10.6. The molecule has 0 unspecified atom stereocenters. The Morgan fingerprint density at radius 1 is 0.975 bits per heavy atom. The molecule has 2 aromatic carbocycles. The monoisotopic (exact) mass is 569 g/mol. The number of hydrogen-bond donors (Lipinski definition) is 0. The van der Waals surface area contributed by atoms with Gasteiger partial charge in [0, 0.05) is 36.7 Å². The smallest absolute Gasteiger partial charge is 0.372 e. The van der Waals surface area contributed by atoms with Gasteiger partial charge in [-0.1, -0.05) is 24.3 Å². The molecule has 0 amide bonds. The van der Waals surface area contributed by atoms with Gasteiger partial charge in [0.2, 0.25) is 0 Å². The van der Waals surface area contributed by atoms with Gasteiger partial charge >= 0.3 is 12.4 Å². The zero-order valence-corrected chi connectivity index (χ0v) is 21.9. The van der Waals surface area contributed by atoms with Crippen molar-refractivity contribution >= 4 is 5.78 Å². The number of carbonyl (C=O) groups excluding carboxylic acids is 1. The molecular formula is C29H29F6NO4. The van der Waals surface area contributed by atoms with E-state index in [1.165, 1.54) is 6.92 Å². The van der Waals surface area contributed by atoms with Crippen LogP contribution in [0.3, 0.4) is 0 Å². The molecule has 11 heteroatoms. The van der Waals surface area contributed by atoms with Gasteiger partial charge in [0.1, 0.15) is 6.61 Å². The van der Waals surface area contributed by atoms with Crippen molar-refractivity contribution in [1.29, 1.82) is 0 Å². The Kier molecular flexibility index (Phi) is 7.75. The van der Waals surface area contributed by atoms with Gasteiger partial charge in [0.05, 0.1) is 30.4 Å². The molecule has 0 radical (unpaired) electrons. The van der Waals surface area contributed by atoms with Crippen molar-refractivity contribution in [2.75, 3.05) is 32.9 Å². The van der Waals surface area contributed by atoms with Crippen LogP contribution in [0.25, 0.3) is 0 Å². The highest BCUT2D eigenvalue weighted by atomic mass is 19.4. The number of halogens is 6. The minimum atomic E-state index is -4.96. The fraction of sp³-hybridized carbons (Fsp3) is 0.483. The normalized spacial score (nSPS) is 26.4. The van der Waals surface area contributed by atoms with E-state index in [0.717, 1.165) is 16.8 Å². The molecule has 2 saturated heterocycles. The number of alkyl halides is 6. The fourth-order valence-corrected chi connectivity index (χ4v) is 5.90. The minimum absolute atomic E-state index is 0.00257. The Balaban J connectivity index is 1.46. The third-order valence-corrected chi connectivity index (χ3v) is 7.91. The average molecular weight is 570 g/mol. The fourth-order valence-electron chi connectivity index (χ4n) is 5.90. The SMILES string of the molecule is Cc1ccccc1[C@@H]1[C@@H](O[C@H](C)c2cc(C(F)(F)F)cc(C(F)(F)F)c2)OC[C@@H]2CN(C3=CC(=O)COC3)C[C@H]21. The Morgan fingerprint density at radius 3 is 2.27 bits per heavy atom. The van der Waals surface area contributed by atoms with Gasteiger partial charge < -0.3 is 19.1 Å². The standard InChI is InChI=1S/C29H29F6NO4/c1-16-5-3-4-6-24(16)26-25-12-36(22-10-23(37)15-38-14-22)11-19(25)13-39-27(26)40-17(2)18-7-20(28(30,31)32)9-21(8-18)29(33,34)35/h3-10,17,19,25-27H,11-15H2,1-2H3/t17-,19+,25-,26+,27-/m1/s1. The predicted molar refractivity (Wildman–Crippen MR) is 132 cm³/mol. The second-order valence-corrected chi connectivity index (χ2v) is 10.6. The predicted octanol–water partition coefficient (Wildman–Crippen LogP) is 6.28. The first-order chi connectivity index (χ1) is 18.8. The zero-order valence-electron chi connectivity index (χ0n) is 21.9. The first kappa shape index (κ1) is 28.6. The van der Waals surface area contributed by atoms with Crippen LogP contribution in [0.1, 0.15) is 46.8 Å². The maximum absolute atomic E-state index is 13.5. The van der Waals surface area contributed by atoms with Gasteiger partial charge in [0.15, 0.2) is 12.1 Å². The Bertz CT molecular complexity index is 1260. The van der Waals surface area contributed by atoms with E-state index in [1.54, 1.807) is 6.08 Å². The van der Waals surface area contributed by atoms with Crippen molar-refractivity contribution in [1.82, 2.24) is 4.90 Å². The summed E-state index contributed by atoms with van der Waals surface area (Å²) in [6.45, 7) is 5.21. The van der Waals surface area contributed by atoms with Crippen LogP contribution in [0.4, 0.5) is 26.3 Å². The molecule has 5 atom stereocenters. The molecule has 3 aliphatic heterocycles. The van der Waals surface area contributed by atoms with E-state index in [-0.39, 0.29) is 41.8 Å². The van der Waals surface area contributed by atoms with Gasteiger partial charge in [-0.05, 0) is 54.7 Å². The maximum Gasteiger partial charge on any atom is 0.416 e. The third-order valence-electron chi connectivity index (χ3n) is 7.91. The molecule has 5 nitrogen and oxygen atoms in total. The van der Waals surface area contributed by atoms with E-state index in [0.29, 0.717) is 38.4 Å². The number of aryl methyl sites for hydroxylation is 1. The summed E-state index contributed by atoms with van der Waals surface area (Å²) in [7, 11) is 0. The summed E-state index contributed by atoms with van der Waals surface area (Å²) in [5.74, 6) is -0.390. The highest BCUT2D eigenvalue weighted by Gasteiger charge is 2.48. The number of likely N-dealkylation sites (tertiary alicyclic amines) is 1. The van der Waals surface area contributed by atoms with Crippen LogP contribution in [0.2, 0.25) is 0 Å².